The molecule has 2 aromatic rings. The number of rotatable bonds is 1. The Hall–Kier alpha value is -1.75. The van der Waals surface area contributed by atoms with Crippen molar-refractivity contribution in [3.8, 4) is 0 Å². The molecule has 2 aromatic heterocycles. The summed E-state index contributed by atoms with van der Waals surface area (Å²) in [6.07, 6.45) is 3.25. The van der Waals surface area contributed by atoms with Crippen LogP contribution in [0.15, 0.2) is 18.5 Å². The average molecular weight is 175 g/mol. The Labute approximate surface area is 75.0 Å². The lowest BCUT2D eigenvalue weighted by atomic mass is 10.3. The van der Waals surface area contributed by atoms with E-state index in [1.165, 1.54) is 0 Å². The van der Waals surface area contributed by atoms with Gasteiger partial charge in [-0.25, -0.2) is 15.8 Å². The van der Waals surface area contributed by atoms with Gasteiger partial charge in [-0.3, -0.25) is 4.98 Å². The largest absolute Gasteiger partial charge is 0.307 e. The molecule has 0 saturated heterocycles. The van der Waals surface area contributed by atoms with Gasteiger partial charge in [-0.1, -0.05) is 0 Å². The van der Waals surface area contributed by atoms with Crippen molar-refractivity contribution in [2.75, 3.05) is 5.43 Å². The molecule has 0 amide bonds. The summed E-state index contributed by atoms with van der Waals surface area (Å²) in [5.41, 5.74) is 4.84. The van der Waals surface area contributed by atoms with Crippen LogP contribution in [0.1, 0.15) is 5.69 Å². The number of nitrogens with one attached hydrogen (secondary N) is 1. The summed E-state index contributed by atoms with van der Waals surface area (Å²) >= 11 is 0. The van der Waals surface area contributed by atoms with Gasteiger partial charge in [-0.05, 0) is 13.0 Å². The Morgan fingerprint density at radius 3 is 2.85 bits per heavy atom. The summed E-state index contributed by atoms with van der Waals surface area (Å²) in [5, 5.41) is 0. The van der Waals surface area contributed by atoms with Crippen LogP contribution in [0.4, 0.5) is 5.82 Å². The fraction of sp³-hybridized carbons (Fsp3) is 0.125. The molecule has 0 spiro atoms. The van der Waals surface area contributed by atoms with Crippen molar-refractivity contribution in [3.05, 3.63) is 24.2 Å². The van der Waals surface area contributed by atoms with E-state index in [2.05, 4.69) is 20.4 Å². The van der Waals surface area contributed by atoms with E-state index in [0.717, 1.165) is 11.2 Å². The molecule has 3 N–H and O–H groups in total. The van der Waals surface area contributed by atoms with Crippen LogP contribution in [0.3, 0.4) is 0 Å². The first-order chi connectivity index (χ1) is 6.31. The van der Waals surface area contributed by atoms with Crippen molar-refractivity contribution in [2.45, 2.75) is 6.92 Å². The van der Waals surface area contributed by atoms with E-state index < -0.39 is 0 Å². The second-order valence-corrected chi connectivity index (χ2v) is 2.68. The normalized spacial score (nSPS) is 10.3. The predicted molar refractivity (Wildman–Crippen MR) is 49.9 cm³/mol. The molecule has 5 heteroatoms. The van der Waals surface area contributed by atoms with Gasteiger partial charge in [-0.15, -0.1) is 0 Å². The first kappa shape index (κ1) is 7.88. The number of hydrogen-bond acceptors (Lipinski definition) is 5. The molecule has 0 bridgehead atoms. The molecule has 0 aliphatic heterocycles. The zero-order chi connectivity index (χ0) is 9.26. The summed E-state index contributed by atoms with van der Waals surface area (Å²) < 4.78 is 0. The maximum absolute atomic E-state index is 5.30. The fourth-order valence-corrected chi connectivity index (χ4v) is 1.20. The third-order valence-electron chi connectivity index (χ3n) is 1.72. The number of nitrogens with two attached hydrogens (primary N) is 1. The van der Waals surface area contributed by atoms with Gasteiger partial charge in [0.15, 0.2) is 5.82 Å². The van der Waals surface area contributed by atoms with E-state index in [0.29, 0.717) is 11.3 Å². The molecule has 13 heavy (non-hydrogen) atoms. The third-order valence-corrected chi connectivity index (χ3v) is 1.72. The van der Waals surface area contributed by atoms with Gasteiger partial charge in [0.05, 0.1) is 5.52 Å². The van der Waals surface area contributed by atoms with E-state index in [1.54, 1.807) is 12.4 Å². The second-order valence-electron chi connectivity index (χ2n) is 2.68. The molecule has 2 heterocycles. The maximum Gasteiger partial charge on any atom is 0.168 e. The summed E-state index contributed by atoms with van der Waals surface area (Å²) in [6.45, 7) is 1.88. The van der Waals surface area contributed by atoms with Gasteiger partial charge in [0, 0.05) is 18.1 Å². The van der Waals surface area contributed by atoms with Gasteiger partial charge < -0.3 is 5.43 Å². The van der Waals surface area contributed by atoms with Crippen LogP contribution >= 0.6 is 0 Å². The molecule has 0 atom stereocenters. The zero-order valence-electron chi connectivity index (χ0n) is 7.15. The number of nitrogens with zero attached hydrogens (tertiary/aromatic N) is 3. The highest BCUT2D eigenvalue weighted by Crippen LogP contribution is 2.16. The van der Waals surface area contributed by atoms with E-state index in [-0.39, 0.29) is 0 Å². The number of pyridine rings is 1. The number of hydrogen-bond donors (Lipinski definition) is 2. The van der Waals surface area contributed by atoms with Crippen LogP contribution in [0.2, 0.25) is 0 Å². The number of nitrogen functional groups attached to an aromatic ring is 1. The van der Waals surface area contributed by atoms with Crippen molar-refractivity contribution in [1.29, 1.82) is 0 Å². The minimum absolute atomic E-state index is 0.558. The van der Waals surface area contributed by atoms with Crippen molar-refractivity contribution in [3.63, 3.8) is 0 Å². The second kappa shape index (κ2) is 2.95. The van der Waals surface area contributed by atoms with Crippen molar-refractivity contribution >= 4 is 16.9 Å². The molecular weight excluding hydrogens is 166 g/mol. The van der Waals surface area contributed by atoms with Gasteiger partial charge >= 0.3 is 0 Å². The van der Waals surface area contributed by atoms with Crippen LogP contribution in [-0.4, -0.2) is 15.0 Å². The maximum atomic E-state index is 5.30. The number of hydrazine groups is 1. The SMILES string of the molecule is Cc1cc2nccnc2c(NN)n1. The lowest BCUT2D eigenvalue weighted by Crippen LogP contribution is -2.10. The first-order valence-electron chi connectivity index (χ1n) is 3.86. The van der Waals surface area contributed by atoms with Crippen molar-refractivity contribution in [1.82, 2.24) is 15.0 Å². The van der Waals surface area contributed by atoms with E-state index in [4.69, 9.17) is 5.84 Å². The summed E-state index contributed by atoms with van der Waals surface area (Å²) in [7, 11) is 0. The van der Waals surface area contributed by atoms with Crippen LogP contribution in [-0.2, 0) is 0 Å². The average Bonchev–Trinajstić information content (AvgIpc) is 2.16. The Kier molecular flexibility index (Phi) is 1.79. The molecule has 2 rings (SSSR count). The zero-order valence-corrected chi connectivity index (χ0v) is 7.15. The smallest absolute Gasteiger partial charge is 0.168 e. The fourth-order valence-electron chi connectivity index (χ4n) is 1.20. The minimum atomic E-state index is 0.558. The molecule has 0 aliphatic rings. The van der Waals surface area contributed by atoms with Gasteiger partial charge in [0.1, 0.15) is 5.52 Å². The molecule has 66 valence electrons. The highest BCUT2D eigenvalue weighted by molar-refractivity contribution is 5.84. The van der Waals surface area contributed by atoms with E-state index in [1.807, 2.05) is 13.0 Å². The summed E-state index contributed by atoms with van der Waals surface area (Å²) in [4.78, 5) is 12.5. The minimum Gasteiger partial charge on any atom is -0.307 e. The molecule has 5 nitrogen and oxygen atoms in total. The van der Waals surface area contributed by atoms with Crippen LogP contribution in [0.5, 0.6) is 0 Å². The van der Waals surface area contributed by atoms with Gasteiger partial charge in [0.25, 0.3) is 0 Å². The van der Waals surface area contributed by atoms with Crippen molar-refractivity contribution < 1.29 is 0 Å². The molecular formula is C8H9N5. The highest BCUT2D eigenvalue weighted by atomic mass is 15.3. The van der Waals surface area contributed by atoms with E-state index >= 15 is 0 Å². The molecule has 0 fully saturated rings. The quantitative estimate of drug-likeness (QED) is 0.490. The van der Waals surface area contributed by atoms with Crippen LogP contribution in [0, 0.1) is 6.92 Å². The lowest BCUT2D eigenvalue weighted by molar-refractivity contribution is 1.15. The van der Waals surface area contributed by atoms with Crippen molar-refractivity contribution in [2.24, 2.45) is 5.84 Å². The Morgan fingerprint density at radius 2 is 2.08 bits per heavy atom. The molecule has 0 radical (unpaired) electrons. The number of fused-ring (bicyclic) bond motifs is 1. The highest BCUT2D eigenvalue weighted by Gasteiger charge is 2.03. The van der Waals surface area contributed by atoms with Gasteiger partial charge in [0.2, 0.25) is 0 Å². The third kappa shape index (κ3) is 1.29. The Morgan fingerprint density at radius 1 is 1.31 bits per heavy atom. The Balaban J connectivity index is 2.81. The monoisotopic (exact) mass is 175 g/mol. The Bertz CT molecular complexity index is 439. The molecule has 0 aromatic carbocycles. The first-order valence-corrected chi connectivity index (χ1v) is 3.86. The van der Waals surface area contributed by atoms with Crippen LogP contribution < -0.4 is 11.3 Å². The number of anilines is 1. The van der Waals surface area contributed by atoms with Gasteiger partial charge in [-0.2, -0.15) is 0 Å². The molecule has 0 unspecified atom stereocenters. The standard InChI is InChI=1S/C8H9N5/c1-5-4-6-7(8(12-5)13-9)11-3-2-10-6/h2-4H,9H2,1H3,(H,12,13). The predicted octanol–water partition coefficient (Wildman–Crippen LogP) is 0.619. The van der Waals surface area contributed by atoms with E-state index in [9.17, 15) is 0 Å². The number of aryl methyl sites for hydroxylation is 1. The van der Waals surface area contributed by atoms with Crippen LogP contribution in [0.25, 0.3) is 11.0 Å². The number of aromatic nitrogens is 3. The molecule has 0 aliphatic carbocycles. The lowest BCUT2D eigenvalue weighted by Gasteiger charge is -2.03. The summed E-state index contributed by atoms with van der Waals surface area (Å²) in [5.74, 6) is 5.86. The summed E-state index contributed by atoms with van der Waals surface area (Å²) in [6, 6.07) is 1.86. The molecule has 0 saturated carbocycles. The topological polar surface area (TPSA) is 76.7 Å².